The van der Waals surface area contributed by atoms with Gasteiger partial charge in [-0.2, -0.15) is 0 Å². The Morgan fingerprint density at radius 1 is 1.29 bits per heavy atom. The topological polar surface area (TPSA) is 50.4 Å². The molecule has 1 amide bonds. The van der Waals surface area contributed by atoms with Crippen LogP contribution in [0.3, 0.4) is 0 Å². The van der Waals surface area contributed by atoms with Gasteiger partial charge in [-0.05, 0) is 30.8 Å². The summed E-state index contributed by atoms with van der Waals surface area (Å²) in [6.07, 6.45) is 0. The van der Waals surface area contributed by atoms with E-state index in [0.717, 1.165) is 5.56 Å². The Balaban J connectivity index is 2.00. The first-order valence-electron chi connectivity index (χ1n) is 6.67. The number of rotatable bonds is 3. The number of carbonyl (C=O) groups excluding carboxylic acids is 1. The van der Waals surface area contributed by atoms with Crippen LogP contribution >= 0.6 is 0 Å². The lowest BCUT2D eigenvalue weighted by molar-refractivity contribution is -0.118. The minimum absolute atomic E-state index is 0.0229. The Hall–Kier alpha value is -2.40. The molecular weight excluding hydrogens is 271 g/mol. The molecule has 0 saturated carbocycles. The molecule has 4 nitrogen and oxygen atoms in total. The molecule has 108 valence electrons. The maximum absolute atomic E-state index is 14.0. The molecule has 0 spiro atoms. The molecule has 0 fully saturated rings. The number of amides is 1. The first-order valence-corrected chi connectivity index (χ1v) is 6.67. The maximum atomic E-state index is 14.0. The monoisotopic (exact) mass is 286 g/mol. The predicted molar refractivity (Wildman–Crippen MR) is 77.9 cm³/mol. The standard InChI is InChI=1S/C16H15FN2O2/c1-18-16(11-4-2-3-5-12(11)17)10-6-7-14-13(8-10)19-15(20)9-21-14/h2-8,16,18H,9H2,1H3,(H,19,20). The fourth-order valence-corrected chi connectivity index (χ4v) is 2.49. The SMILES string of the molecule is CNC(c1ccc2c(c1)NC(=O)CO2)c1ccccc1F. The summed E-state index contributed by atoms with van der Waals surface area (Å²) in [5, 5.41) is 5.86. The van der Waals surface area contributed by atoms with E-state index in [1.807, 2.05) is 6.07 Å². The third-order valence-electron chi connectivity index (χ3n) is 3.47. The smallest absolute Gasteiger partial charge is 0.262 e. The van der Waals surface area contributed by atoms with E-state index in [4.69, 9.17) is 4.74 Å². The Morgan fingerprint density at radius 2 is 2.10 bits per heavy atom. The van der Waals surface area contributed by atoms with Gasteiger partial charge >= 0.3 is 0 Å². The lowest BCUT2D eigenvalue weighted by atomic mass is 9.97. The van der Waals surface area contributed by atoms with E-state index in [1.165, 1.54) is 6.07 Å². The molecule has 3 rings (SSSR count). The molecule has 1 atom stereocenters. The molecule has 2 aromatic rings. The summed E-state index contributed by atoms with van der Waals surface area (Å²) in [5.41, 5.74) is 2.02. The van der Waals surface area contributed by atoms with Crippen molar-refractivity contribution in [3.63, 3.8) is 0 Å². The highest BCUT2D eigenvalue weighted by atomic mass is 19.1. The third kappa shape index (κ3) is 2.60. The molecule has 0 bridgehead atoms. The number of fused-ring (bicyclic) bond motifs is 1. The summed E-state index contributed by atoms with van der Waals surface area (Å²) in [5.74, 6) is 0.170. The maximum Gasteiger partial charge on any atom is 0.262 e. The highest BCUT2D eigenvalue weighted by Crippen LogP contribution is 2.33. The molecular formula is C16H15FN2O2. The van der Waals surface area contributed by atoms with Crippen LogP contribution in [0.4, 0.5) is 10.1 Å². The molecule has 1 heterocycles. The summed E-state index contributed by atoms with van der Waals surface area (Å²) >= 11 is 0. The van der Waals surface area contributed by atoms with E-state index in [2.05, 4.69) is 10.6 Å². The number of anilines is 1. The van der Waals surface area contributed by atoms with Crippen molar-refractivity contribution in [2.75, 3.05) is 19.0 Å². The largest absolute Gasteiger partial charge is 0.482 e. The van der Waals surface area contributed by atoms with E-state index in [9.17, 15) is 9.18 Å². The highest BCUT2D eigenvalue weighted by molar-refractivity contribution is 5.95. The van der Waals surface area contributed by atoms with Crippen LogP contribution < -0.4 is 15.4 Å². The van der Waals surface area contributed by atoms with Gasteiger partial charge in [0.1, 0.15) is 11.6 Å². The zero-order valence-electron chi connectivity index (χ0n) is 11.5. The van der Waals surface area contributed by atoms with Gasteiger partial charge in [0.2, 0.25) is 0 Å². The van der Waals surface area contributed by atoms with Crippen molar-refractivity contribution in [1.29, 1.82) is 0 Å². The van der Waals surface area contributed by atoms with Crippen molar-refractivity contribution >= 4 is 11.6 Å². The number of nitrogens with one attached hydrogen (secondary N) is 2. The molecule has 0 saturated heterocycles. The van der Waals surface area contributed by atoms with Crippen molar-refractivity contribution in [2.45, 2.75) is 6.04 Å². The van der Waals surface area contributed by atoms with E-state index >= 15 is 0 Å². The molecule has 0 aliphatic carbocycles. The molecule has 2 aromatic carbocycles. The van der Waals surface area contributed by atoms with Gasteiger partial charge in [-0.15, -0.1) is 0 Å². The average Bonchev–Trinajstić information content (AvgIpc) is 2.49. The van der Waals surface area contributed by atoms with E-state index in [-0.39, 0.29) is 24.4 Å². The second kappa shape index (κ2) is 5.54. The molecule has 1 aliphatic heterocycles. The number of ether oxygens (including phenoxy) is 1. The Labute approximate surface area is 121 Å². The number of hydrogen-bond donors (Lipinski definition) is 2. The molecule has 5 heteroatoms. The van der Waals surface area contributed by atoms with Crippen molar-refractivity contribution in [1.82, 2.24) is 5.32 Å². The molecule has 0 radical (unpaired) electrons. The second-order valence-electron chi connectivity index (χ2n) is 4.84. The van der Waals surface area contributed by atoms with Gasteiger partial charge in [0, 0.05) is 5.56 Å². The van der Waals surface area contributed by atoms with Crippen LogP contribution in [-0.2, 0) is 4.79 Å². The van der Waals surface area contributed by atoms with Crippen molar-refractivity contribution in [3.8, 4) is 5.75 Å². The Bertz CT molecular complexity index is 688. The molecule has 21 heavy (non-hydrogen) atoms. The summed E-state index contributed by atoms with van der Waals surface area (Å²) in [6.45, 7) is 0.0229. The molecule has 1 unspecified atom stereocenters. The van der Waals surface area contributed by atoms with Crippen LogP contribution in [0.2, 0.25) is 0 Å². The summed E-state index contributed by atoms with van der Waals surface area (Å²) in [7, 11) is 1.77. The van der Waals surface area contributed by atoms with Crippen LogP contribution in [0.5, 0.6) is 5.75 Å². The van der Waals surface area contributed by atoms with Gasteiger partial charge in [0.25, 0.3) is 5.91 Å². The van der Waals surface area contributed by atoms with E-state index in [0.29, 0.717) is 17.0 Å². The van der Waals surface area contributed by atoms with Crippen molar-refractivity contribution in [2.24, 2.45) is 0 Å². The van der Waals surface area contributed by atoms with Crippen LogP contribution in [0.1, 0.15) is 17.2 Å². The van der Waals surface area contributed by atoms with Gasteiger partial charge in [-0.25, -0.2) is 4.39 Å². The molecule has 1 aliphatic rings. The van der Waals surface area contributed by atoms with Gasteiger partial charge in [-0.3, -0.25) is 4.79 Å². The number of hydrogen-bond acceptors (Lipinski definition) is 3. The lowest BCUT2D eigenvalue weighted by Crippen LogP contribution is -2.26. The second-order valence-corrected chi connectivity index (χ2v) is 4.84. The van der Waals surface area contributed by atoms with E-state index in [1.54, 1.807) is 37.4 Å². The van der Waals surface area contributed by atoms with Crippen LogP contribution in [-0.4, -0.2) is 19.6 Å². The van der Waals surface area contributed by atoms with Crippen LogP contribution in [0.15, 0.2) is 42.5 Å². The number of carbonyl (C=O) groups is 1. The normalized spacial score (nSPS) is 14.9. The lowest BCUT2D eigenvalue weighted by Gasteiger charge is -2.22. The minimum Gasteiger partial charge on any atom is -0.482 e. The van der Waals surface area contributed by atoms with Crippen LogP contribution in [0, 0.1) is 5.82 Å². The fraction of sp³-hybridized carbons (Fsp3) is 0.188. The first kappa shape index (κ1) is 13.6. The summed E-state index contributed by atoms with van der Waals surface area (Å²) in [6, 6.07) is 11.8. The van der Waals surface area contributed by atoms with Gasteiger partial charge in [0.05, 0.1) is 11.7 Å². The van der Waals surface area contributed by atoms with Gasteiger partial charge < -0.3 is 15.4 Å². The number of benzene rings is 2. The quantitative estimate of drug-likeness (QED) is 0.911. The minimum atomic E-state index is -0.296. The van der Waals surface area contributed by atoms with E-state index < -0.39 is 0 Å². The fourth-order valence-electron chi connectivity index (χ4n) is 2.49. The van der Waals surface area contributed by atoms with Crippen molar-refractivity contribution in [3.05, 3.63) is 59.4 Å². The average molecular weight is 286 g/mol. The third-order valence-corrected chi connectivity index (χ3v) is 3.47. The van der Waals surface area contributed by atoms with Crippen molar-refractivity contribution < 1.29 is 13.9 Å². The summed E-state index contributed by atoms with van der Waals surface area (Å²) in [4.78, 5) is 11.4. The highest BCUT2D eigenvalue weighted by Gasteiger charge is 2.20. The zero-order chi connectivity index (χ0) is 14.8. The van der Waals surface area contributed by atoms with Gasteiger partial charge in [-0.1, -0.05) is 24.3 Å². The Morgan fingerprint density at radius 3 is 2.86 bits per heavy atom. The Kier molecular flexibility index (Phi) is 3.58. The van der Waals surface area contributed by atoms with Gasteiger partial charge in [0.15, 0.2) is 6.61 Å². The molecule has 2 N–H and O–H groups in total. The number of halogens is 1. The summed E-state index contributed by atoms with van der Waals surface area (Å²) < 4.78 is 19.3. The zero-order valence-corrected chi connectivity index (χ0v) is 11.5. The molecule has 0 aromatic heterocycles. The predicted octanol–water partition coefficient (Wildman–Crippen LogP) is 2.47. The first-order chi connectivity index (χ1) is 10.2. The van der Waals surface area contributed by atoms with Crippen LogP contribution in [0.25, 0.3) is 0 Å².